The fourth-order valence-corrected chi connectivity index (χ4v) is 0.425. The second-order valence-corrected chi connectivity index (χ2v) is 1.85. The first kappa shape index (κ1) is 8.30. The van der Waals surface area contributed by atoms with Crippen LogP contribution in [0.25, 0.3) is 0 Å². The fourth-order valence-electron chi connectivity index (χ4n) is 0.425. The van der Waals surface area contributed by atoms with Crippen LogP contribution in [0.1, 0.15) is 19.8 Å². The average molecular weight is 130 g/mol. The number of Topliss-reactive ketones (excluding diaryl/α,β-unsaturated/α-hetero) is 1. The molecule has 1 unspecified atom stereocenters. The first-order valence-electron chi connectivity index (χ1n) is 2.86. The molecule has 0 heterocycles. The summed E-state index contributed by atoms with van der Waals surface area (Å²) in [6.45, 7) is 1.75. The summed E-state index contributed by atoms with van der Waals surface area (Å²) in [4.78, 5) is 19.9. The number of ketones is 1. The van der Waals surface area contributed by atoms with E-state index in [4.69, 9.17) is 5.11 Å². The van der Waals surface area contributed by atoms with Gasteiger partial charge in [-0.25, -0.2) is 0 Å². The minimum absolute atomic E-state index is 0.0417. The largest absolute Gasteiger partial charge is 0.393 e. The Labute approximate surface area is 53.7 Å². The van der Waals surface area contributed by atoms with E-state index in [0.29, 0.717) is 6.42 Å². The molecule has 0 aromatic heterocycles. The molecule has 52 valence electrons. The molecule has 0 aromatic rings. The Balaban J connectivity index is 3.46. The number of aliphatic hydroxyl groups excluding tert-OH is 1. The Bertz CT molecular complexity index is 109. The maximum atomic E-state index is 10.3. The summed E-state index contributed by atoms with van der Waals surface area (Å²) in [5, 5.41) is 8.78. The Morgan fingerprint density at radius 1 is 1.78 bits per heavy atom. The molecule has 0 saturated heterocycles. The molecule has 0 radical (unpaired) electrons. The Kier molecular flexibility index (Phi) is 3.88. The summed E-state index contributed by atoms with van der Waals surface area (Å²) in [5.41, 5.74) is 0. The summed E-state index contributed by atoms with van der Waals surface area (Å²) in [5.74, 6) is -0.538. The van der Waals surface area contributed by atoms with E-state index in [-0.39, 0.29) is 12.7 Å². The van der Waals surface area contributed by atoms with Gasteiger partial charge >= 0.3 is 0 Å². The molecule has 0 rings (SSSR count). The summed E-state index contributed by atoms with van der Waals surface area (Å²) in [6, 6.07) is 0. The molecule has 1 atom stereocenters. The van der Waals surface area contributed by atoms with Crippen LogP contribution in [-0.4, -0.2) is 23.3 Å². The lowest BCUT2D eigenvalue weighted by Gasteiger charge is -2.00. The van der Waals surface area contributed by atoms with E-state index < -0.39 is 11.9 Å². The van der Waals surface area contributed by atoms with Gasteiger partial charge in [-0.1, -0.05) is 6.92 Å². The van der Waals surface area contributed by atoms with Gasteiger partial charge in [0, 0.05) is 6.42 Å². The van der Waals surface area contributed by atoms with Crippen molar-refractivity contribution in [3.63, 3.8) is 0 Å². The van der Waals surface area contributed by atoms with Gasteiger partial charge in [-0.15, -0.1) is 0 Å². The van der Waals surface area contributed by atoms with Gasteiger partial charge < -0.3 is 5.11 Å². The molecule has 1 N–H and O–H groups in total. The smallest absolute Gasteiger partial charge is 0.197 e. The first-order valence-corrected chi connectivity index (χ1v) is 2.86. The lowest BCUT2D eigenvalue weighted by molar-refractivity contribution is -0.131. The number of aldehydes is 1. The van der Waals surface area contributed by atoms with Crippen molar-refractivity contribution in [3.05, 3.63) is 0 Å². The van der Waals surface area contributed by atoms with Crippen LogP contribution in [0.3, 0.4) is 0 Å². The standard InChI is InChI=1S/C6H10O3/c1-2-5(8)3-6(9)4-7/h4-5,8H,2-3H2,1H3. The van der Waals surface area contributed by atoms with Gasteiger partial charge in [-0.05, 0) is 6.42 Å². The van der Waals surface area contributed by atoms with Crippen LogP contribution in [0.2, 0.25) is 0 Å². The molecule has 3 nitrogen and oxygen atoms in total. The average Bonchev–Trinajstić information content (AvgIpc) is 1.87. The van der Waals surface area contributed by atoms with Crippen LogP contribution in [0, 0.1) is 0 Å². The maximum absolute atomic E-state index is 10.3. The summed E-state index contributed by atoms with van der Waals surface area (Å²) >= 11 is 0. The van der Waals surface area contributed by atoms with Crippen molar-refractivity contribution in [3.8, 4) is 0 Å². The lowest BCUT2D eigenvalue weighted by atomic mass is 10.1. The molecule has 3 heteroatoms. The zero-order valence-electron chi connectivity index (χ0n) is 5.33. The molecule has 0 aliphatic carbocycles. The third-order valence-corrected chi connectivity index (χ3v) is 1.04. The van der Waals surface area contributed by atoms with Gasteiger partial charge in [0.05, 0.1) is 6.10 Å². The predicted octanol–water partition coefficient (Wildman–Crippen LogP) is -0.0846. The zero-order chi connectivity index (χ0) is 7.28. The van der Waals surface area contributed by atoms with E-state index in [9.17, 15) is 9.59 Å². The Morgan fingerprint density at radius 3 is 2.67 bits per heavy atom. The van der Waals surface area contributed by atoms with E-state index in [1.165, 1.54) is 0 Å². The van der Waals surface area contributed by atoms with E-state index in [2.05, 4.69) is 0 Å². The molecule has 0 aliphatic heterocycles. The normalized spacial score (nSPS) is 12.7. The van der Waals surface area contributed by atoms with E-state index in [0.717, 1.165) is 0 Å². The Morgan fingerprint density at radius 2 is 2.33 bits per heavy atom. The zero-order valence-corrected chi connectivity index (χ0v) is 5.33. The van der Waals surface area contributed by atoms with Crippen LogP contribution in [0.15, 0.2) is 0 Å². The van der Waals surface area contributed by atoms with Gasteiger partial charge in [0.25, 0.3) is 0 Å². The summed E-state index contributed by atoms with van der Waals surface area (Å²) < 4.78 is 0. The maximum Gasteiger partial charge on any atom is 0.197 e. The highest BCUT2D eigenvalue weighted by Crippen LogP contribution is 1.95. The molecule has 0 amide bonds. The molecule has 0 bridgehead atoms. The molecule has 9 heavy (non-hydrogen) atoms. The molecule has 0 fully saturated rings. The van der Waals surface area contributed by atoms with Gasteiger partial charge in [0.1, 0.15) is 0 Å². The predicted molar refractivity (Wildman–Crippen MR) is 32.0 cm³/mol. The topological polar surface area (TPSA) is 54.4 Å². The molecular weight excluding hydrogens is 120 g/mol. The number of rotatable bonds is 4. The second-order valence-electron chi connectivity index (χ2n) is 1.85. The van der Waals surface area contributed by atoms with Crippen molar-refractivity contribution in [1.82, 2.24) is 0 Å². The highest BCUT2D eigenvalue weighted by atomic mass is 16.3. The number of carbonyl (C=O) groups is 2. The van der Waals surface area contributed by atoms with Crippen LogP contribution < -0.4 is 0 Å². The first-order chi connectivity index (χ1) is 4.20. The molecular formula is C6H10O3. The van der Waals surface area contributed by atoms with Crippen molar-refractivity contribution in [2.45, 2.75) is 25.9 Å². The third-order valence-electron chi connectivity index (χ3n) is 1.04. The van der Waals surface area contributed by atoms with Crippen molar-refractivity contribution >= 4 is 12.1 Å². The van der Waals surface area contributed by atoms with E-state index in [1.54, 1.807) is 6.92 Å². The quantitative estimate of drug-likeness (QED) is 0.427. The number of hydrogen-bond donors (Lipinski definition) is 1. The second kappa shape index (κ2) is 4.21. The molecule has 0 spiro atoms. The van der Waals surface area contributed by atoms with E-state index >= 15 is 0 Å². The van der Waals surface area contributed by atoms with Crippen molar-refractivity contribution < 1.29 is 14.7 Å². The van der Waals surface area contributed by atoms with Gasteiger partial charge in [0.15, 0.2) is 12.1 Å². The Hall–Kier alpha value is -0.700. The van der Waals surface area contributed by atoms with E-state index in [1.807, 2.05) is 0 Å². The molecule has 0 saturated carbocycles. The summed E-state index contributed by atoms with van der Waals surface area (Å²) in [6.07, 6.45) is 0.0565. The minimum atomic E-state index is -0.650. The van der Waals surface area contributed by atoms with Gasteiger partial charge in [0.2, 0.25) is 0 Å². The molecule has 0 aliphatic rings. The van der Waals surface area contributed by atoms with Crippen LogP contribution in [0.5, 0.6) is 0 Å². The molecule has 0 aromatic carbocycles. The lowest BCUT2D eigenvalue weighted by Crippen LogP contribution is -2.12. The van der Waals surface area contributed by atoms with Crippen molar-refractivity contribution in [1.29, 1.82) is 0 Å². The highest BCUT2D eigenvalue weighted by Gasteiger charge is 2.05. The van der Waals surface area contributed by atoms with Gasteiger partial charge in [-0.2, -0.15) is 0 Å². The monoisotopic (exact) mass is 130 g/mol. The number of hydrogen-bond acceptors (Lipinski definition) is 3. The van der Waals surface area contributed by atoms with Crippen molar-refractivity contribution in [2.75, 3.05) is 0 Å². The fraction of sp³-hybridized carbons (Fsp3) is 0.667. The van der Waals surface area contributed by atoms with Crippen LogP contribution in [-0.2, 0) is 9.59 Å². The third kappa shape index (κ3) is 3.85. The minimum Gasteiger partial charge on any atom is -0.393 e. The summed E-state index contributed by atoms with van der Waals surface area (Å²) in [7, 11) is 0. The number of carbonyl (C=O) groups excluding carboxylic acids is 2. The van der Waals surface area contributed by atoms with Crippen LogP contribution in [0.4, 0.5) is 0 Å². The SMILES string of the molecule is CCC(O)CC(=O)C=O. The van der Waals surface area contributed by atoms with Gasteiger partial charge in [-0.3, -0.25) is 9.59 Å². The van der Waals surface area contributed by atoms with Crippen LogP contribution >= 0.6 is 0 Å². The number of aliphatic hydroxyl groups is 1. The van der Waals surface area contributed by atoms with Crippen molar-refractivity contribution in [2.24, 2.45) is 0 Å². The highest BCUT2D eigenvalue weighted by molar-refractivity contribution is 6.25.